The third-order valence-electron chi connectivity index (χ3n) is 3.45. The van der Waals surface area contributed by atoms with Gasteiger partial charge in [0.15, 0.2) is 0 Å². The number of rotatable bonds is 4. The van der Waals surface area contributed by atoms with Crippen LogP contribution in [0.4, 0.5) is 4.39 Å². The molecule has 1 saturated heterocycles. The molecule has 4 heteroatoms. The first-order chi connectivity index (χ1) is 8.65. The summed E-state index contributed by atoms with van der Waals surface area (Å²) in [5, 5.41) is 0. The lowest BCUT2D eigenvalue weighted by Crippen LogP contribution is -2.34. The molecule has 1 aromatic rings. The van der Waals surface area contributed by atoms with Gasteiger partial charge >= 0.3 is 0 Å². The summed E-state index contributed by atoms with van der Waals surface area (Å²) in [5.74, 6) is -0.252. The maximum absolute atomic E-state index is 13.8. The molecule has 3 nitrogen and oxygen atoms in total. The molecule has 1 fully saturated rings. The fourth-order valence-corrected chi connectivity index (χ4v) is 2.52. The van der Waals surface area contributed by atoms with Gasteiger partial charge in [-0.05, 0) is 12.5 Å². The second-order valence-electron chi connectivity index (χ2n) is 4.78. The summed E-state index contributed by atoms with van der Waals surface area (Å²) in [5.41, 5.74) is 6.54. The van der Waals surface area contributed by atoms with Crippen molar-refractivity contribution in [3.8, 4) is 0 Å². The molecule has 1 heterocycles. The van der Waals surface area contributed by atoms with Crippen LogP contribution < -0.4 is 5.73 Å². The number of unbranched alkanes of at least 4 members (excludes halogenated alkanes) is 1. The smallest absolute Gasteiger partial charge is 0.224 e. The summed E-state index contributed by atoms with van der Waals surface area (Å²) >= 11 is 0. The molecule has 0 aliphatic carbocycles. The number of benzene rings is 1. The van der Waals surface area contributed by atoms with Gasteiger partial charge in [-0.1, -0.05) is 31.5 Å². The Morgan fingerprint density at radius 2 is 2.17 bits per heavy atom. The first kappa shape index (κ1) is 13.0. The molecule has 1 aliphatic rings. The number of amides is 1. The maximum Gasteiger partial charge on any atom is 0.224 e. The van der Waals surface area contributed by atoms with E-state index in [1.165, 1.54) is 6.07 Å². The summed E-state index contributed by atoms with van der Waals surface area (Å²) in [6.45, 7) is 2.72. The van der Waals surface area contributed by atoms with Crippen molar-refractivity contribution >= 4 is 5.91 Å². The molecule has 98 valence electrons. The van der Waals surface area contributed by atoms with E-state index in [0.717, 1.165) is 12.8 Å². The summed E-state index contributed by atoms with van der Waals surface area (Å²) in [6.07, 6.45) is 2.23. The molecule has 1 aromatic carbocycles. The van der Waals surface area contributed by atoms with Crippen molar-refractivity contribution in [1.82, 2.24) is 4.90 Å². The predicted molar refractivity (Wildman–Crippen MR) is 68.4 cm³/mol. The highest BCUT2D eigenvalue weighted by Crippen LogP contribution is 2.33. The molecule has 2 unspecified atom stereocenters. The van der Waals surface area contributed by atoms with E-state index in [4.69, 9.17) is 5.73 Å². The van der Waals surface area contributed by atoms with Crippen molar-refractivity contribution < 1.29 is 9.18 Å². The quantitative estimate of drug-likeness (QED) is 0.890. The molecule has 0 radical (unpaired) electrons. The SMILES string of the molecule is CCCCN1C(=O)CC(N)C1c1ccccc1F. The van der Waals surface area contributed by atoms with Crippen LogP contribution in [0.25, 0.3) is 0 Å². The minimum atomic E-state index is -0.315. The Hall–Kier alpha value is -1.42. The molecule has 2 atom stereocenters. The van der Waals surface area contributed by atoms with Gasteiger partial charge in [0.05, 0.1) is 6.04 Å². The van der Waals surface area contributed by atoms with Crippen molar-refractivity contribution in [2.24, 2.45) is 5.73 Å². The van der Waals surface area contributed by atoms with E-state index in [2.05, 4.69) is 6.92 Å². The van der Waals surface area contributed by atoms with E-state index >= 15 is 0 Å². The van der Waals surface area contributed by atoms with Crippen LogP contribution in [0.1, 0.15) is 37.8 Å². The molecular weight excluding hydrogens is 231 g/mol. The number of nitrogens with two attached hydrogens (primary N) is 1. The van der Waals surface area contributed by atoms with Gasteiger partial charge < -0.3 is 10.6 Å². The fraction of sp³-hybridized carbons (Fsp3) is 0.500. The summed E-state index contributed by atoms with van der Waals surface area (Å²) in [7, 11) is 0. The zero-order chi connectivity index (χ0) is 13.1. The number of hydrogen-bond acceptors (Lipinski definition) is 2. The van der Waals surface area contributed by atoms with Crippen LogP contribution in [0.5, 0.6) is 0 Å². The molecule has 0 spiro atoms. The Labute approximate surface area is 107 Å². The number of nitrogens with zero attached hydrogens (tertiary/aromatic N) is 1. The molecule has 1 amide bonds. The number of likely N-dealkylation sites (tertiary alicyclic amines) is 1. The average Bonchev–Trinajstić information content (AvgIpc) is 2.62. The largest absolute Gasteiger partial charge is 0.334 e. The third kappa shape index (κ3) is 2.38. The molecule has 0 bridgehead atoms. The lowest BCUT2D eigenvalue weighted by Gasteiger charge is -2.27. The van der Waals surface area contributed by atoms with Crippen molar-refractivity contribution in [3.63, 3.8) is 0 Å². The van der Waals surface area contributed by atoms with Gasteiger partial charge in [0, 0.05) is 24.6 Å². The normalized spacial score (nSPS) is 23.7. The molecule has 2 N–H and O–H groups in total. The van der Waals surface area contributed by atoms with Crippen LogP contribution in [0.2, 0.25) is 0 Å². The van der Waals surface area contributed by atoms with Gasteiger partial charge in [-0.2, -0.15) is 0 Å². The van der Waals surface area contributed by atoms with Gasteiger partial charge in [-0.3, -0.25) is 4.79 Å². The van der Waals surface area contributed by atoms with Gasteiger partial charge in [0.1, 0.15) is 5.82 Å². The molecule has 2 rings (SSSR count). The van der Waals surface area contributed by atoms with E-state index in [0.29, 0.717) is 18.5 Å². The van der Waals surface area contributed by atoms with Gasteiger partial charge in [-0.15, -0.1) is 0 Å². The Bertz CT molecular complexity index is 436. The van der Waals surface area contributed by atoms with E-state index < -0.39 is 0 Å². The molecular formula is C14H19FN2O. The van der Waals surface area contributed by atoms with Gasteiger partial charge in [-0.25, -0.2) is 4.39 Å². The zero-order valence-electron chi connectivity index (χ0n) is 10.6. The highest BCUT2D eigenvalue weighted by Gasteiger charge is 2.39. The van der Waals surface area contributed by atoms with Gasteiger partial charge in [0.2, 0.25) is 5.91 Å². The first-order valence-corrected chi connectivity index (χ1v) is 6.44. The topological polar surface area (TPSA) is 46.3 Å². The van der Waals surface area contributed by atoms with Crippen molar-refractivity contribution in [2.45, 2.75) is 38.3 Å². The van der Waals surface area contributed by atoms with E-state index in [1.807, 2.05) is 0 Å². The van der Waals surface area contributed by atoms with Gasteiger partial charge in [0.25, 0.3) is 0 Å². The number of carbonyl (C=O) groups is 1. The Balaban J connectivity index is 2.28. The third-order valence-corrected chi connectivity index (χ3v) is 3.45. The van der Waals surface area contributed by atoms with E-state index in [1.54, 1.807) is 23.1 Å². The van der Waals surface area contributed by atoms with Crippen LogP contribution in [-0.4, -0.2) is 23.4 Å². The molecule has 18 heavy (non-hydrogen) atoms. The summed E-state index contributed by atoms with van der Waals surface area (Å²) < 4.78 is 13.8. The van der Waals surface area contributed by atoms with E-state index in [9.17, 15) is 9.18 Å². The minimum Gasteiger partial charge on any atom is -0.334 e. The lowest BCUT2D eigenvalue weighted by atomic mass is 10.00. The predicted octanol–water partition coefficient (Wildman–Crippen LogP) is 2.23. The van der Waals surface area contributed by atoms with Crippen LogP contribution in [0.3, 0.4) is 0 Å². The average molecular weight is 250 g/mol. The fourth-order valence-electron chi connectivity index (χ4n) is 2.52. The number of halogens is 1. The van der Waals surface area contributed by atoms with Crippen molar-refractivity contribution in [3.05, 3.63) is 35.6 Å². The standard InChI is InChI=1S/C14H19FN2O/c1-2-3-8-17-13(18)9-12(16)14(17)10-6-4-5-7-11(10)15/h4-7,12,14H,2-3,8-9,16H2,1H3. The van der Waals surface area contributed by atoms with Crippen molar-refractivity contribution in [2.75, 3.05) is 6.54 Å². The second-order valence-corrected chi connectivity index (χ2v) is 4.78. The number of carbonyl (C=O) groups excluding carboxylic acids is 1. The van der Waals surface area contributed by atoms with Crippen LogP contribution in [-0.2, 0) is 4.79 Å². The zero-order valence-corrected chi connectivity index (χ0v) is 10.6. The lowest BCUT2D eigenvalue weighted by molar-refractivity contribution is -0.129. The summed E-state index contributed by atoms with van der Waals surface area (Å²) in [4.78, 5) is 13.6. The molecule has 0 saturated carbocycles. The monoisotopic (exact) mass is 250 g/mol. The van der Waals surface area contributed by atoms with Crippen LogP contribution in [0.15, 0.2) is 24.3 Å². The highest BCUT2D eigenvalue weighted by atomic mass is 19.1. The second kappa shape index (κ2) is 5.48. The van der Waals surface area contributed by atoms with Crippen LogP contribution >= 0.6 is 0 Å². The van der Waals surface area contributed by atoms with Crippen molar-refractivity contribution in [1.29, 1.82) is 0 Å². The molecule has 0 aromatic heterocycles. The molecule has 1 aliphatic heterocycles. The first-order valence-electron chi connectivity index (χ1n) is 6.44. The summed E-state index contributed by atoms with van der Waals surface area (Å²) in [6, 6.07) is 5.94. The van der Waals surface area contributed by atoms with Crippen LogP contribution in [0, 0.1) is 5.82 Å². The minimum absolute atomic E-state index is 0.0317. The Kier molecular flexibility index (Phi) is 3.97. The number of hydrogen-bond donors (Lipinski definition) is 1. The Morgan fingerprint density at radius 1 is 1.44 bits per heavy atom. The van der Waals surface area contributed by atoms with E-state index in [-0.39, 0.29) is 23.8 Å². The maximum atomic E-state index is 13.8. The Morgan fingerprint density at radius 3 is 2.83 bits per heavy atom. The highest BCUT2D eigenvalue weighted by molar-refractivity contribution is 5.80.